The Balaban J connectivity index is 1.49. The van der Waals surface area contributed by atoms with Crippen LogP contribution in [0.2, 0.25) is 0 Å². The van der Waals surface area contributed by atoms with Gasteiger partial charge < -0.3 is 19.7 Å². The van der Waals surface area contributed by atoms with Crippen LogP contribution in [0.1, 0.15) is 24.8 Å². The van der Waals surface area contributed by atoms with Crippen molar-refractivity contribution in [2.24, 2.45) is 0 Å². The van der Waals surface area contributed by atoms with Gasteiger partial charge in [-0.1, -0.05) is 12.6 Å². The highest BCUT2D eigenvalue weighted by atomic mass is 16.7. The molecule has 8 heteroatoms. The van der Waals surface area contributed by atoms with Crippen molar-refractivity contribution in [3.8, 4) is 22.9 Å². The molecule has 1 aromatic heterocycles. The topological polar surface area (TPSA) is 107 Å². The zero-order valence-corrected chi connectivity index (χ0v) is 15.1. The highest BCUT2D eigenvalue weighted by molar-refractivity contribution is 5.85. The molecule has 0 spiro atoms. The zero-order valence-electron chi connectivity index (χ0n) is 15.1. The van der Waals surface area contributed by atoms with E-state index < -0.39 is 5.97 Å². The Labute approximate surface area is 160 Å². The minimum absolute atomic E-state index is 0.00318. The predicted molar refractivity (Wildman–Crippen MR) is 101 cm³/mol. The van der Waals surface area contributed by atoms with E-state index in [1.807, 2.05) is 18.2 Å². The fraction of sp³-hybridized carbons (Fsp3) is 0.250. The number of rotatable bonds is 7. The van der Waals surface area contributed by atoms with Crippen LogP contribution in [-0.4, -0.2) is 38.0 Å². The molecule has 0 amide bonds. The summed E-state index contributed by atoms with van der Waals surface area (Å²) >= 11 is 0. The second-order valence-corrected chi connectivity index (χ2v) is 6.62. The number of fused-ring (bicyclic) bond motifs is 2. The van der Waals surface area contributed by atoms with Gasteiger partial charge >= 0.3 is 5.97 Å². The SMILES string of the molecule is C=C(CCCCc1ccc2nn(-c3cc4c(cc3O)OCO4)nc2c1)C(=O)O. The number of hydrogen-bond donors (Lipinski definition) is 2. The van der Waals surface area contributed by atoms with Crippen molar-refractivity contribution < 1.29 is 24.5 Å². The van der Waals surface area contributed by atoms with E-state index >= 15 is 0 Å². The molecule has 0 saturated heterocycles. The van der Waals surface area contributed by atoms with E-state index in [2.05, 4.69) is 16.8 Å². The molecule has 1 aliphatic rings. The number of ether oxygens (including phenoxy) is 2. The Kier molecular flexibility index (Phi) is 4.60. The Bertz CT molecular complexity index is 1070. The molecule has 0 bridgehead atoms. The second kappa shape index (κ2) is 7.22. The number of nitrogens with zero attached hydrogens (tertiary/aromatic N) is 3. The third-order valence-corrected chi connectivity index (χ3v) is 4.63. The van der Waals surface area contributed by atoms with Gasteiger partial charge in [-0.15, -0.1) is 15.0 Å². The quantitative estimate of drug-likeness (QED) is 0.478. The number of carboxylic acid groups (broad SMARTS) is 1. The lowest BCUT2D eigenvalue weighted by Crippen LogP contribution is -1.99. The largest absolute Gasteiger partial charge is 0.505 e. The number of unbranched alkanes of at least 4 members (excludes halogenated alkanes) is 1. The molecule has 2 aromatic carbocycles. The molecule has 0 radical (unpaired) electrons. The smallest absolute Gasteiger partial charge is 0.330 e. The van der Waals surface area contributed by atoms with Crippen molar-refractivity contribution in [3.63, 3.8) is 0 Å². The number of benzene rings is 2. The van der Waals surface area contributed by atoms with Crippen molar-refractivity contribution >= 4 is 17.0 Å². The molecule has 8 nitrogen and oxygen atoms in total. The maximum absolute atomic E-state index is 10.8. The summed E-state index contributed by atoms with van der Waals surface area (Å²) in [6, 6.07) is 8.95. The first-order valence-corrected chi connectivity index (χ1v) is 8.91. The van der Waals surface area contributed by atoms with E-state index in [9.17, 15) is 9.90 Å². The van der Waals surface area contributed by atoms with Crippen LogP contribution in [0, 0.1) is 0 Å². The van der Waals surface area contributed by atoms with Gasteiger partial charge in [-0.25, -0.2) is 4.79 Å². The first kappa shape index (κ1) is 17.8. The number of aliphatic carboxylic acids is 1. The van der Waals surface area contributed by atoms with Gasteiger partial charge in [0.2, 0.25) is 6.79 Å². The molecule has 0 atom stereocenters. The van der Waals surface area contributed by atoms with Gasteiger partial charge in [0.1, 0.15) is 22.5 Å². The lowest BCUT2D eigenvalue weighted by Gasteiger charge is -2.04. The van der Waals surface area contributed by atoms with Crippen LogP contribution in [0.25, 0.3) is 16.7 Å². The summed E-state index contributed by atoms with van der Waals surface area (Å²) in [5.74, 6) is 0.0943. The highest BCUT2D eigenvalue weighted by Crippen LogP contribution is 2.39. The lowest BCUT2D eigenvalue weighted by atomic mass is 10.0. The summed E-state index contributed by atoms with van der Waals surface area (Å²) < 4.78 is 10.6. The highest BCUT2D eigenvalue weighted by Gasteiger charge is 2.19. The minimum atomic E-state index is -0.940. The van der Waals surface area contributed by atoms with E-state index in [4.69, 9.17) is 14.6 Å². The molecule has 4 rings (SSSR count). The maximum atomic E-state index is 10.8. The Hall–Kier alpha value is -3.55. The number of aromatic nitrogens is 3. The fourth-order valence-corrected chi connectivity index (χ4v) is 3.08. The molecule has 0 saturated carbocycles. The minimum Gasteiger partial charge on any atom is -0.505 e. The van der Waals surface area contributed by atoms with E-state index in [-0.39, 0.29) is 18.1 Å². The molecule has 144 valence electrons. The van der Waals surface area contributed by atoms with Gasteiger partial charge in [-0.05, 0) is 43.4 Å². The van der Waals surface area contributed by atoms with Crippen molar-refractivity contribution in [2.75, 3.05) is 6.79 Å². The van der Waals surface area contributed by atoms with Crippen molar-refractivity contribution in [1.82, 2.24) is 15.0 Å². The summed E-state index contributed by atoms with van der Waals surface area (Å²) in [6.45, 7) is 3.66. The standard InChI is InChI=1S/C20H19N3O5/c1-12(20(25)26)4-2-3-5-13-6-7-14-15(8-13)22-23(21-14)16-9-18-19(10-17(16)24)28-11-27-18/h6-10,24H,1-5,11H2,(H,25,26). The molecule has 2 N–H and O–H groups in total. The third-order valence-electron chi connectivity index (χ3n) is 4.63. The molecule has 3 aromatic rings. The summed E-state index contributed by atoms with van der Waals surface area (Å²) in [5.41, 5.74) is 3.16. The molecule has 1 aliphatic heterocycles. The fourth-order valence-electron chi connectivity index (χ4n) is 3.08. The van der Waals surface area contributed by atoms with E-state index in [0.29, 0.717) is 34.6 Å². The number of aromatic hydroxyl groups is 1. The Morgan fingerprint density at radius 3 is 2.64 bits per heavy atom. The van der Waals surface area contributed by atoms with E-state index in [1.54, 1.807) is 6.07 Å². The maximum Gasteiger partial charge on any atom is 0.330 e. The number of carboxylic acids is 1. The van der Waals surface area contributed by atoms with E-state index in [0.717, 1.165) is 24.8 Å². The molecule has 0 fully saturated rings. The van der Waals surface area contributed by atoms with Gasteiger partial charge in [0.15, 0.2) is 11.5 Å². The number of carbonyl (C=O) groups is 1. The van der Waals surface area contributed by atoms with Gasteiger partial charge in [-0.3, -0.25) is 0 Å². The van der Waals surface area contributed by atoms with Crippen LogP contribution in [0.3, 0.4) is 0 Å². The molecule has 0 unspecified atom stereocenters. The van der Waals surface area contributed by atoms with Crippen LogP contribution in [0.4, 0.5) is 0 Å². The summed E-state index contributed by atoms with van der Waals surface area (Å²) in [6.07, 6.45) is 2.91. The predicted octanol–water partition coefficient (Wildman–Crippen LogP) is 3.21. The monoisotopic (exact) mass is 381 g/mol. The first-order chi connectivity index (χ1) is 13.5. The van der Waals surface area contributed by atoms with Crippen molar-refractivity contribution in [2.45, 2.75) is 25.7 Å². The number of phenols is 1. The zero-order chi connectivity index (χ0) is 19.7. The second-order valence-electron chi connectivity index (χ2n) is 6.62. The summed E-state index contributed by atoms with van der Waals surface area (Å²) in [4.78, 5) is 12.1. The molecule has 28 heavy (non-hydrogen) atoms. The van der Waals surface area contributed by atoms with Crippen molar-refractivity contribution in [1.29, 1.82) is 0 Å². The van der Waals surface area contributed by atoms with Crippen molar-refractivity contribution in [3.05, 3.63) is 48.0 Å². The van der Waals surface area contributed by atoms with Gasteiger partial charge in [0.25, 0.3) is 0 Å². The van der Waals surface area contributed by atoms with Crippen LogP contribution in [0.15, 0.2) is 42.5 Å². The Morgan fingerprint density at radius 2 is 1.86 bits per heavy atom. The number of phenolic OH excluding ortho intramolecular Hbond substituents is 1. The van der Waals surface area contributed by atoms with Crippen LogP contribution >= 0.6 is 0 Å². The molecular weight excluding hydrogens is 362 g/mol. The molecule has 0 aliphatic carbocycles. The first-order valence-electron chi connectivity index (χ1n) is 8.91. The summed E-state index contributed by atoms with van der Waals surface area (Å²) in [7, 11) is 0. The third kappa shape index (κ3) is 3.48. The van der Waals surface area contributed by atoms with Crippen LogP contribution < -0.4 is 9.47 Å². The van der Waals surface area contributed by atoms with E-state index in [1.165, 1.54) is 10.9 Å². The summed E-state index contributed by atoms with van der Waals surface area (Å²) in [5, 5.41) is 28.0. The molecule has 2 heterocycles. The average Bonchev–Trinajstić information content (AvgIpc) is 3.29. The Morgan fingerprint density at radius 1 is 1.11 bits per heavy atom. The average molecular weight is 381 g/mol. The number of hydrogen-bond acceptors (Lipinski definition) is 6. The van der Waals surface area contributed by atoms with Crippen LogP contribution in [0.5, 0.6) is 17.2 Å². The normalized spacial score (nSPS) is 12.4. The van der Waals surface area contributed by atoms with Gasteiger partial charge in [0, 0.05) is 17.7 Å². The van der Waals surface area contributed by atoms with Gasteiger partial charge in [0.05, 0.1) is 0 Å². The van der Waals surface area contributed by atoms with Crippen LogP contribution in [-0.2, 0) is 11.2 Å². The molecular formula is C20H19N3O5. The lowest BCUT2D eigenvalue weighted by molar-refractivity contribution is -0.132. The number of aryl methyl sites for hydroxylation is 1. The van der Waals surface area contributed by atoms with Gasteiger partial charge in [-0.2, -0.15) is 0 Å².